The second-order valence-corrected chi connectivity index (χ2v) is 5.91. The number of nitrogens with one attached hydrogen (secondary N) is 2. The van der Waals surface area contributed by atoms with Crippen LogP contribution in [0.4, 0.5) is 10.2 Å². The first-order valence-corrected chi connectivity index (χ1v) is 7.50. The van der Waals surface area contributed by atoms with Gasteiger partial charge in [0.1, 0.15) is 5.82 Å². The number of anilines is 1. The van der Waals surface area contributed by atoms with Crippen LogP contribution in [0.25, 0.3) is 0 Å². The Morgan fingerprint density at radius 1 is 1.38 bits per heavy atom. The summed E-state index contributed by atoms with van der Waals surface area (Å²) in [5.74, 6) is 0.315. The molecule has 2 N–H and O–H groups in total. The monoisotopic (exact) mass is 367 g/mol. The highest BCUT2D eigenvalue weighted by Crippen LogP contribution is 2.40. The van der Waals surface area contributed by atoms with E-state index in [9.17, 15) is 4.39 Å². The second-order valence-electron chi connectivity index (χ2n) is 4.65. The normalized spacial score (nSPS) is 19.9. The van der Waals surface area contributed by atoms with Crippen LogP contribution in [0.2, 0.25) is 0 Å². The van der Waals surface area contributed by atoms with E-state index in [1.165, 1.54) is 6.07 Å². The number of rotatable bonds is 3. The molecule has 8 heteroatoms. The molecule has 2 atom stereocenters. The van der Waals surface area contributed by atoms with Gasteiger partial charge in [-0.15, -0.1) is 5.10 Å². The van der Waals surface area contributed by atoms with Gasteiger partial charge in [-0.2, -0.15) is 5.10 Å². The van der Waals surface area contributed by atoms with E-state index in [-0.39, 0.29) is 17.8 Å². The lowest BCUT2D eigenvalue weighted by Gasteiger charge is -2.10. The second kappa shape index (κ2) is 5.98. The zero-order chi connectivity index (χ0) is 14.8. The smallest absolute Gasteiger partial charge is 0.172 e. The Hall–Kier alpha value is -1.67. The van der Waals surface area contributed by atoms with Crippen LogP contribution in [0.1, 0.15) is 18.0 Å². The molecular formula is C13H11BrFN5S. The van der Waals surface area contributed by atoms with Gasteiger partial charge in [0.25, 0.3) is 0 Å². The third kappa shape index (κ3) is 3.33. The first kappa shape index (κ1) is 14.3. The van der Waals surface area contributed by atoms with E-state index in [0.29, 0.717) is 16.6 Å². The maximum atomic E-state index is 13.6. The molecular weight excluding hydrogens is 357 g/mol. The Bertz CT molecular complexity index is 683. The number of hydrogen-bond donors (Lipinski definition) is 2. The zero-order valence-electron chi connectivity index (χ0n) is 10.8. The van der Waals surface area contributed by atoms with Crippen LogP contribution < -0.4 is 10.6 Å². The summed E-state index contributed by atoms with van der Waals surface area (Å²) in [6, 6.07) is 4.86. The first-order chi connectivity index (χ1) is 10.1. The maximum absolute atomic E-state index is 13.6. The van der Waals surface area contributed by atoms with Crippen LogP contribution >= 0.6 is 28.1 Å². The van der Waals surface area contributed by atoms with E-state index in [1.807, 2.05) is 0 Å². The molecule has 0 aromatic carbocycles. The predicted octanol–water partition coefficient (Wildman–Crippen LogP) is 2.62. The summed E-state index contributed by atoms with van der Waals surface area (Å²) in [7, 11) is 0. The van der Waals surface area contributed by atoms with Crippen LogP contribution in [0.3, 0.4) is 0 Å². The summed E-state index contributed by atoms with van der Waals surface area (Å²) < 4.78 is 14.4. The summed E-state index contributed by atoms with van der Waals surface area (Å²) >= 11 is 8.58. The van der Waals surface area contributed by atoms with Crippen LogP contribution in [-0.2, 0) is 0 Å². The van der Waals surface area contributed by atoms with Gasteiger partial charge >= 0.3 is 0 Å². The van der Waals surface area contributed by atoms with Crippen molar-refractivity contribution in [2.24, 2.45) is 0 Å². The van der Waals surface area contributed by atoms with Crippen molar-refractivity contribution in [3.8, 4) is 0 Å². The van der Waals surface area contributed by atoms with Crippen molar-refractivity contribution in [1.29, 1.82) is 0 Å². The minimum Gasteiger partial charge on any atom is -0.359 e. The molecule has 2 heterocycles. The van der Waals surface area contributed by atoms with Crippen molar-refractivity contribution in [3.05, 3.63) is 46.6 Å². The van der Waals surface area contributed by atoms with Gasteiger partial charge in [-0.05, 0) is 52.8 Å². The molecule has 0 spiro atoms. The SMILES string of the molecule is Fc1cccnc1C1CC1NC(=S)Nc1nnccc1Br. The third-order valence-electron chi connectivity index (χ3n) is 3.15. The van der Waals surface area contributed by atoms with Crippen LogP contribution in [0, 0.1) is 5.82 Å². The van der Waals surface area contributed by atoms with Crippen molar-refractivity contribution < 1.29 is 4.39 Å². The van der Waals surface area contributed by atoms with Crippen molar-refractivity contribution in [2.75, 3.05) is 5.32 Å². The average molecular weight is 368 g/mol. The van der Waals surface area contributed by atoms with E-state index in [1.54, 1.807) is 24.5 Å². The third-order valence-corrected chi connectivity index (χ3v) is 4.01. The molecule has 0 aliphatic heterocycles. The highest BCUT2D eigenvalue weighted by Gasteiger charge is 2.41. The maximum Gasteiger partial charge on any atom is 0.172 e. The minimum absolute atomic E-state index is 0.0521. The summed E-state index contributed by atoms with van der Waals surface area (Å²) in [4.78, 5) is 4.09. The van der Waals surface area contributed by atoms with E-state index >= 15 is 0 Å². The standard InChI is InChI=1S/C13H11BrFN5S/c14-8-3-5-17-20-12(8)19-13(21)18-10-6-7(10)11-9(15)2-1-4-16-11/h1-5,7,10H,6H2,(H2,18,19,20,21). The van der Waals surface area contributed by atoms with E-state index in [0.717, 1.165) is 10.9 Å². The molecule has 2 aromatic heterocycles. The zero-order valence-corrected chi connectivity index (χ0v) is 13.2. The van der Waals surface area contributed by atoms with Crippen LogP contribution in [-0.4, -0.2) is 26.3 Å². The lowest BCUT2D eigenvalue weighted by Crippen LogP contribution is -2.31. The average Bonchev–Trinajstić information content (AvgIpc) is 3.21. The van der Waals surface area contributed by atoms with Crippen LogP contribution in [0.15, 0.2) is 35.1 Å². The van der Waals surface area contributed by atoms with Gasteiger partial charge in [0.15, 0.2) is 10.9 Å². The molecule has 0 bridgehead atoms. The van der Waals surface area contributed by atoms with Gasteiger partial charge in [-0.1, -0.05) is 0 Å². The first-order valence-electron chi connectivity index (χ1n) is 6.30. The number of hydrogen-bond acceptors (Lipinski definition) is 4. The van der Waals surface area contributed by atoms with Crippen molar-refractivity contribution in [2.45, 2.75) is 18.4 Å². The highest BCUT2D eigenvalue weighted by atomic mass is 79.9. The van der Waals surface area contributed by atoms with E-state index in [2.05, 4.69) is 41.7 Å². The number of pyridine rings is 1. The van der Waals surface area contributed by atoms with Gasteiger partial charge in [-0.25, -0.2) is 4.39 Å². The fourth-order valence-electron chi connectivity index (χ4n) is 2.04. The lowest BCUT2D eigenvalue weighted by molar-refractivity contribution is 0.597. The Kier molecular flexibility index (Phi) is 4.07. The molecule has 3 rings (SSSR count). The fraction of sp³-hybridized carbons (Fsp3) is 0.231. The summed E-state index contributed by atoms with van der Waals surface area (Å²) in [6.07, 6.45) is 3.98. The van der Waals surface area contributed by atoms with Gasteiger partial charge in [0.2, 0.25) is 0 Å². The quantitative estimate of drug-likeness (QED) is 0.813. The largest absolute Gasteiger partial charge is 0.359 e. The summed E-state index contributed by atoms with van der Waals surface area (Å²) in [5, 5.41) is 14.2. The molecule has 5 nitrogen and oxygen atoms in total. The Labute approximate surface area is 134 Å². The van der Waals surface area contributed by atoms with Gasteiger partial charge in [0.05, 0.1) is 16.4 Å². The molecule has 1 aliphatic rings. The molecule has 1 aliphatic carbocycles. The molecule has 1 saturated carbocycles. The minimum atomic E-state index is -0.276. The van der Waals surface area contributed by atoms with Gasteiger partial charge in [-0.3, -0.25) is 4.98 Å². The Morgan fingerprint density at radius 3 is 3.00 bits per heavy atom. The van der Waals surface area contributed by atoms with Crippen molar-refractivity contribution >= 4 is 39.1 Å². The van der Waals surface area contributed by atoms with Gasteiger partial charge < -0.3 is 10.6 Å². The van der Waals surface area contributed by atoms with Crippen LogP contribution in [0.5, 0.6) is 0 Å². The molecule has 0 radical (unpaired) electrons. The molecule has 21 heavy (non-hydrogen) atoms. The summed E-state index contributed by atoms with van der Waals surface area (Å²) in [5.41, 5.74) is 0.485. The number of halogens is 2. The molecule has 108 valence electrons. The van der Waals surface area contributed by atoms with E-state index < -0.39 is 0 Å². The molecule has 2 aromatic rings. The number of nitrogens with zero attached hydrogens (tertiary/aromatic N) is 3. The predicted molar refractivity (Wildman–Crippen MR) is 84.4 cm³/mol. The number of aromatic nitrogens is 3. The highest BCUT2D eigenvalue weighted by molar-refractivity contribution is 9.10. The Morgan fingerprint density at radius 2 is 2.24 bits per heavy atom. The molecule has 1 fully saturated rings. The fourth-order valence-corrected chi connectivity index (χ4v) is 2.59. The lowest BCUT2D eigenvalue weighted by atomic mass is 10.2. The molecule has 2 unspecified atom stereocenters. The summed E-state index contributed by atoms with van der Waals surface area (Å²) in [6.45, 7) is 0. The number of thiocarbonyl (C=S) groups is 1. The van der Waals surface area contributed by atoms with E-state index in [4.69, 9.17) is 12.2 Å². The molecule has 0 amide bonds. The Balaban J connectivity index is 1.58. The van der Waals surface area contributed by atoms with Crippen molar-refractivity contribution in [3.63, 3.8) is 0 Å². The van der Waals surface area contributed by atoms with Gasteiger partial charge in [0, 0.05) is 18.2 Å². The topological polar surface area (TPSA) is 62.7 Å². The molecule has 0 saturated heterocycles. The van der Waals surface area contributed by atoms with Crippen molar-refractivity contribution in [1.82, 2.24) is 20.5 Å².